The van der Waals surface area contributed by atoms with Crippen molar-refractivity contribution in [2.24, 2.45) is 0 Å². The van der Waals surface area contributed by atoms with Gasteiger partial charge in [-0.2, -0.15) is 0 Å². The van der Waals surface area contributed by atoms with Crippen LogP contribution in [0.15, 0.2) is 18.2 Å². The Labute approximate surface area is 110 Å². The van der Waals surface area contributed by atoms with Gasteiger partial charge in [0.05, 0.1) is 0 Å². The van der Waals surface area contributed by atoms with Crippen LogP contribution in [0.2, 0.25) is 0 Å². The normalized spacial score (nSPS) is 20.2. The van der Waals surface area contributed by atoms with Crippen molar-refractivity contribution in [3.05, 3.63) is 29.3 Å². The van der Waals surface area contributed by atoms with E-state index in [1.54, 1.807) is 5.56 Å². The van der Waals surface area contributed by atoms with Gasteiger partial charge in [-0.25, -0.2) is 0 Å². The summed E-state index contributed by atoms with van der Waals surface area (Å²) in [5.41, 5.74) is 4.42. The SMILES string of the molecule is c1cc(CNC2CCCCC2)c2c(c1)NCCC2. The van der Waals surface area contributed by atoms with Crippen LogP contribution < -0.4 is 10.6 Å². The first-order chi connectivity index (χ1) is 8.93. The van der Waals surface area contributed by atoms with Gasteiger partial charge in [-0.3, -0.25) is 0 Å². The van der Waals surface area contributed by atoms with E-state index in [9.17, 15) is 0 Å². The van der Waals surface area contributed by atoms with Crippen LogP contribution in [0.5, 0.6) is 0 Å². The fraction of sp³-hybridized carbons (Fsp3) is 0.625. The van der Waals surface area contributed by atoms with Crippen LogP contribution in [-0.4, -0.2) is 12.6 Å². The molecule has 0 amide bonds. The zero-order valence-corrected chi connectivity index (χ0v) is 11.2. The number of anilines is 1. The maximum atomic E-state index is 3.76. The molecule has 0 radical (unpaired) electrons. The van der Waals surface area contributed by atoms with Gasteiger partial charge in [0.25, 0.3) is 0 Å². The minimum atomic E-state index is 0.756. The fourth-order valence-electron chi connectivity index (χ4n) is 3.31. The number of benzene rings is 1. The monoisotopic (exact) mass is 244 g/mol. The molecule has 18 heavy (non-hydrogen) atoms. The lowest BCUT2D eigenvalue weighted by Gasteiger charge is -2.25. The van der Waals surface area contributed by atoms with Crippen molar-refractivity contribution in [3.8, 4) is 0 Å². The third-order valence-corrected chi connectivity index (χ3v) is 4.38. The second kappa shape index (κ2) is 5.75. The van der Waals surface area contributed by atoms with E-state index in [0.717, 1.165) is 19.1 Å². The topological polar surface area (TPSA) is 24.1 Å². The van der Waals surface area contributed by atoms with Crippen molar-refractivity contribution in [1.29, 1.82) is 0 Å². The summed E-state index contributed by atoms with van der Waals surface area (Å²) in [5, 5.41) is 7.27. The molecule has 0 bridgehead atoms. The van der Waals surface area contributed by atoms with E-state index in [-0.39, 0.29) is 0 Å². The molecule has 0 atom stereocenters. The highest BCUT2D eigenvalue weighted by molar-refractivity contribution is 5.56. The predicted octanol–water partition coefficient (Wildman–Crippen LogP) is 3.47. The quantitative estimate of drug-likeness (QED) is 0.851. The van der Waals surface area contributed by atoms with Gasteiger partial charge in [-0.15, -0.1) is 0 Å². The van der Waals surface area contributed by atoms with Gasteiger partial charge in [0, 0.05) is 24.8 Å². The van der Waals surface area contributed by atoms with Crippen molar-refractivity contribution >= 4 is 5.69 Å². The zero-order chi connectivity index (χ0) is 12.2. The largest absolute Gasteiger partial charge is 0.385 e. The first kappa shape index (κ1) is 12.0. The van der Waals surface area contributed by atoms with Crippen molar-refractivity contribution < 1.29 is 0 Å². The van der Waals surface area contributed by atoms with Gasteiger partial charge in [-0.1, -0.05) is 31.4 Å². The van der Waals surface area contributed by atoms with Gasteiger partial charge >= 0.3 is 0 Å². The summed E-state index contributed by atoms with van der Waals surface area (Å²) in [6.45, 7) is 2.18. The molecule has 0 aromatic heterocycles. The molecule has 1 aromatic rings. The molecule has 0 spiro atoms. The second-order valence-corrected chi connectivity index (χ2v) is 5.69. The van der Waals surface area contributed by atoms with E-state index in [2.05, 4.69) is 28.8 Å². The van der Waals surface area contributed by atoms with Crippen LogP contribution in [0.1, 0.15) is 49.7 Å². The van der Waals surface area contributed by atoms with Crippen LogP contribution >= 0.6 is 0 Å². The van der Waals surface area contributed by atoms with Crippen molar-refractivity contribution in [1.82, 2.24) is 5.32 Å². The average Bonchev–Trinajstić information content (AvgIpc) is 2.46. The van der Waals surface area contributed by atoms with Crippen LogP contribution in [0.3, 0.4) is 0 Å². The van der Waals surface area contributed by atoms with Crippen LogP contribution in [-0.2, 0) is 13.0 Å². The maximum absolute atomic E-state index is 3.76. The number of hydrogen-bond donors (Lipinski definition) is 2. The van der Waals surface area contributed by atoms with Crippen LogP contribution in [0.25, 0.3) is 0 Å². The zero-order valence-electron chi connectivity index (χ0n) is 11.2. The Hall–Kier alpha value is -1.02. The minimum absolute atomic E-state index is 0.756. The molecular formula is C16H24N2. The molecular weight excluding hydrogens is 220 g/mol. The molecule has 1 aromatic carbocycles. The Balaban J connectivity index is 1.65. The van der Waals surface area contributed by atoms with Gasteiger partial charge in [0.1, 0.15) is 0 Å². The molecule has 2 aliphatic rings. The first-order valence-corrected chi connectivity index (χ1v) is 7.51. The fourth-order valence-corrected chi connectivity index (χ4v) is 3.31. The molecule has 2 nitrogen and oxygen atoms in total. The summed E-state index contributed by atoms with van der Waals surface area (Å²) in [6.07, 6.45) is 9.50. The summed E-state index contributed by atoms with van der Waals surface area (Å²) in [5.74, 6) is 0. The molecule has 1 heterocycles. The molecule has 3 rings (SSSR count). The van der Waals surface area contributed by atoms with Crippen molar-refractivity contribution in [2.45, 2.75) is 57.5 Å². The first-order valence-electron chi connectivity index (χ1n) is 7.51. The van der Waals surface area contributed by atoms with E-state index >= 15 is 0 Å². The lowest BCUT2D eigenvalue weighted by Crippen LogP contribution is -2.31. The Morgan fingerprint density at radius 2 is 2.00 bits per heavy atom. The highest BCUT2D eigenvalue weighted by atomic mass is 14.9. The van der Waals surface area contributed by atoms with E-state index in [1.165, 1.54) is 56.2 Å². The number of nitrogens with one attached hydrogen (secondary N) is 2. The molecule has 98 valence electrons. The Morgan fingerprint density at radius 3 is 2.89 bits per heavy atom. The lowest BCUT2D eigenvalue weighted by atomic mass is 9.94. The third-order valence-electron chi connectivity index (χ3n) is 4.38. The molecule has 1 aliphatic carbocycles. The maximum Gasteiger partial charge on any atom is 0.0375 e. The van der Waals surface area contributed by atoms with Crippen LogP contribution in [0.4, 0.5) is 5.69 Å². The molecule has 2 N–H and O–H groups in total. The van der Waals surface area contributed by atoms with Crippen LogP contribution in [0, 0.1) is 0 Å². The average molecular weight is 244 g/mol. The van der Waals surface area contributed by atoms with Gasteiger partial charge in [-0.05, 0) is 42.9 Å². The molecule has 0 unspecified atom stereocenters. The molecule has 0 saturated heterocycles. The number of rotatable bonds is 3. The Morgan fingerprint density at radius 1 is 1.11 bits per heavy atom. The number of fused-ring (bicyclic) bond motifs is 1. The Kier molecular flexibility index (Phi) is 3.84. The van der Waals surface area contributed by atoms with Crippen molar-refractivity contribution in [3.63, 3.8) is 0 Å². The molecule has 1 aliphatic heterocycles. The Bertz CT molecular complexity index is 394. The molecule has 2 heteroatoms. The predicted molar refractivity (Wildman–Crippen MR) is 77.0 cm³/mol. The standard InChI is InChI=1S/C16H24N2/c1-2-7-14(8-3-1)18-12-13-6-4-10-16-15(13)9-5-11-17-16/h4,6,10,14,17-18H,1-3,5,7-9,11-12H2. The van der Waals surface area contributed by atoms with Crippen molar-refractivity contribution in [2.75, 3.05) is 11.9 Å². The summed E-state index contributed by atoms with van der Waals surface area (Å²) in [4.78, 5) is 0. The van der Waals surface area contributed by atoms with E-state index in [4.69, 9.17) is 0 Å². The van der Waals surface area contributed by atoms with E-state index in [0.29, 0.717) is 0 Å². The third kappa shape index (κ3) is 2.69. The van der Waals surface area contributed by atoms with E-state index in [1.807, 2.05) is 0 Å². The minimum Gasteiger partial charge on any atom is -0.385 e. The number of hydrogen-bond acceptors (Lipinski definition) is 2. The smallest absolute Gasteiger partial charge is 0.0375 e. The molecule has 1 saturated carbocycles. The summed E-state index contributed by atoms with van der Waals surface area (Å²) in [7, 11) is 0. The van der Waals surface area contributed by atoms with Gasteiger partial charge in [0.2, 0.25) is 0 Å². The van der Waals surface area contributed by atoms with E-state index < -0.39 is 0 Å². The molecule has 1 fully saturated rings. The highest BCUT2D eigenvalue weighted by Crippen LogP contribution is 2.26. The van der Waals surface area contributed by atoms with Gasteiger partial charge in [0.15, 0.2) is 0 Å². The van der Waals surface area contributed by atoms with Gasteiger partial charge < -0.3 is 10.6 Å². The summed E-state index contributed by atoms with van der Waals surface area (Å²) < 4.78 is 0. The summed E-state index contributed by atoms with van der Waals surface area (Å²) >= 11 is 0. The second-order valence-electron chi connectivity index (χ2n) is 5.69. The highest BCUT2D eigenvalue weighted by Gasteiger charge is 2.15. The lowest BCUT2D eigenvalue weighted by molar-refractivity contribution is 0.372. The summed E-state index contributed by atoms with van der Waals surface area (Å²) in [6, 6.07) is 7.46.